The molecule has 1 unspecified atom stereocenters. The minimum Gasteiger partial charge on any atom is -0.466 e. The van der Waals surface area contributed by atoms with Crippen molar-refractivity contribution in [1.82, 2.24) is 5.32 Å². The van der Waals surface area contributed by atoms with Crippen LogP contribution in [0.25, 0.3) is 0 Å². The molecule has 2 aliphatic carbocycles. The molecule has 0 aromatic carbocycles. The largest absolute Gasteiger partial charge is 0.466 e. The zero-order chi connectivity index (χ0) is 13.4. The van der Waals surface area contributed by atoms with Crippen molar-refractivity contribution in [2.45, 2.75) is 25.2 Å². The zero-order valence-electron chi connectivity index (χ0n) is 10.0. The molecule has 1 amide bonds. The number of alkyl halides is 2. The molecule has 0 heterocycles. The maximum absolute atomic E-state index is 12.8. The summed E-state index contributed by atoms with van der Waals surface area (Å²) in [5.41, 5.74) is -0.445. The van der Waals surface area contributed by atoms with Crippen molar-refractivity contribution in [1.29, 1.82) is 0 Å². The second-order valence-corrected chi connectivity index (χ2v) is 5.00. The van der Waals surface area contributed by atoms with Crippen molar-refractivity contribution >= 4 is 11.9 Å². The molecule has 2 rings (SSSR count). The monoisotopic (exact) mass is 259 g/mol. The van der Waals surface area contributed by atoms with Crippen molar-refractivity contribution in [3.63, 3.8) is 0 Å². The van der Waals surface area contributed by atoms with E-state index in [4.69, 9.17) is 0 Å². The van der Waals surface area contributed by atoms with Gasteiger partial charge in [0, 0.05) is 31.4 Å². The predicted octanol–water partition coefficient (Wildman–Crippen LogP) is 1.27. The number of hydrogen-bond donors (Lipinski definition) is 1. The number of methoxy groups -OCH3 is 1. The number of nitrogens with one attached hydrogen (secondary N) is 1. The first-order chi connectivity index (χ1) is 8.38. The van der Waals surface area contributed by atoms with Gasteiger partial charge >= 0.3 is 5.97 Å². The summed E-state index contributed by atoms with van der Waals surface area (Å²) in [6.07, 6.45) is 2.88. The molecule has 0 bridgehead atoms. The molecule has 0 aliphatic heterocycles. The van der Waals surface area contributed by atoms with Crippen LogP contribution in [0.5, 0.6) is 0 Å². The van der Waals surface area contributed by atoms with Gasteiger partial charge in [0.2, 0.25) is 11.8 Å². The van der Waals surface area contributed by atoms with Crippen LogP contribution in [0.1, 0.15) is 19.3 Å². The van der Waals surface area contributed by atoms with Crippen molar-refractivity contribution < 1.29 is 23.1 Å². The van der Waals surface area contributed by atoms with Gasteiger partial charge in [-0.15, -0.1) is 0 Å². The Morgan fingerprint density at radius 1 is 1.44 bits per heavy atom. The van der Waals surface area contributed by atoms with Crippen LogP contribution in [0.4, 0.5) is 8.78 Å². The van der Waals surface area contributed by atoms with E-state index in [1.54, 1.807) is 0 Å². The fraction of sp³-hybridized carbons (Fsp3) is 0.667. The van der Waals surface area contributed by atoms with Crippen molar-refractivity contribution in [2.75, 3.05) is 13.7 Å². The average molecular weight is 259 g/mol. The smallest absolute Gasteiger partial charge is 0.330 e. The highest BCUT2D eigenvalue weighted by Crippen LogP contribution is 2.70. The number of rotatable bonds is 4. The van der Waals surface area contributed by atoms with Gasteiger partial charge in [0.25, 0.3) is 0 Å². The van der Waals surface area contributed by atoms with Gasteiger partial charge in [0.1, 0.15) is 0 Å². The third-order valence-corrected chi connectivity index (χ3v) is 3.58. The average Bonchev–Trinajstić information content (AvgIpc) is 2.96. The molecule has 1 spiro atoms. The Balaban J connectivity index is 1.69. The van der Waals surface area contributed by atoms with E-state index in [1.165, 1.54) is 19.3 Å². The third kappa shape index (κ3) is 2.52. The molecular weight excluding hydrogens is 244 g/mol. The normalized spacial score (nSPS) is 26.7. The number of halogens is 2. The summed E-state index contributed by atoms with van der Waals surface area (Å²) in [5.74, 6) is -3.57. The van der Waals surface area contributed by atoms with E-state index in [1.807, 2.05) is 0 Å². The molecule has 6 heteroatoms. The van der Waals surface area contributed by atoms with Gasteiger partial charge in [0.15, 0.2) is 0 Å². The molecule has 0 saturated heterocycles. The summed E-state index contributed by atoms with van der Waals surface area (Å²) in [7, 11) is 1.26. The lowest BCUT2D eigenvalue weighted by molar-refractivity contribution is -0.138. The van der Waals surface area contributed by atoms with Crippen molar-refractivity contribution in [2.24, 2.45) is 11.3 Å². The Labute approximate surface area is 103 Å². The van der Waals surface area contributed by atoms with Gasteiger partial charge in [-0.05, 0) is 11.8 Å². The van der Waals surface area contributed by atoms with Crippen LogP contribution >= 0.6 is 0 Å². The molecule has 2 fully saturated rings. The van der Waals surface area contributed by atoms with E-state index in [-0.39, 0.29) is 31.2 Å². The maximum Gasteiger partial charge on any atom is 0.330 e. The molecule has 1 N–H and O–H groups in total. The number of carbonyl (C=O) groups excluding carboxylic acids is 2. The van der Waals surface area contributed by atoms with Crippen LogP contribution in [0, 0.1) is 11.3 Å². The lowest BCUT2D eigenvalue weighted by Gasteiger charge is -2.36. The first kappa shape index (κ1) is 13.0. The fourth-order valence-electron chi connectivity index (χ4n) is 2.59. The van der Waals surface area contributed by atoms with Gasteiger partial charge in [0.05, 0.1) is 7.11 Å². The topological polar surface area (TPSA) is 55.4 Å². The summed E-state index contributed by atoms with van der Waals surface area (Å²) < 4.78 is 29.9. The van der Waals surface area contributed by atoms with E-state index >= 15 is 0 Å². The van der Waals surface area contributed by atoms with Crippen molar-refractivity contribution in [3.05, 3.63) is 12.2 Å². The Kier molecular flexibility index (Phi) is 3.12. The van der Waals surface area contributed by atoms with Gasteiger partial charge < -0.3 is 10.1 Å². The Hall–Kier alpha value is -1.46. The predicted molar refractivity (Wildman–Crippen MR) is 58.9 cm³/mol. The molecule has 0 aromatic rings. The molecule has 2 saturated carbocycles. The van der Waals surface area contributed by atoms with E-state index in [0.29, 0.717) is 6.42 Å². The minimum atomic E-state index is -2.58. The Morgan fingerprint density at radius 2 is 2.11 bits per heavy atom. The van der Waals surface area contributed by atoms with Gasteiger partial charge in [-0.3, -0.25) is 4.79 Å². The molecule has 2 aliphatic rings. The number of carbonyl (C=O) groups is 2. The second-order valence-electron chi connectivity index (χ2n) is 5.00. The second kappa shape index (κ2) is 4.33. The first-order valence-corrected chi connectivity index (χ1v) is 5.79. The van der Waals surface area contributed by atoms with Gasteiger partial charge in [-0.2, -0.15) is 0 Å². The van der Waals surface area contributed by atoms with Crippen molar-refractivity contribution in [3.8, 4) is 0 Å². The van der Waals surface area contributed by atoms with Crippen LogP contribution in [0.3, 0.4) is 0 Å². The van der Waals surface area contributed by atoms with Crippen LogP contribution < -0.4 is 5.32 Å². The SMILES string of the molecule is COC(=O)/C=C/CNC(=O)C1CC12CC(F)(F)C2. The summed E-state index contributed by atoms with van der Waals surface area (Å²) in [5, 5.41) is 2.60. The molecule has 18 heavy (non-hydrogen) atoms. The van der Waals surface area contributed by atoms with Gasteiger partial charge in [-0.25, -0.2) is 13.6 Å². The summed E-state index contributed by atoms with van der Waals surface area (Å²) >= 11 is 0. The highest BCUT2D eigenvalue weighted by Gasteiger charge is 2.71. The fourth-order valence-corrected chi connectivity index (χ4v) is 2.59. The zero-order valence-corrected chi connectivity index (χ0v) is 10.0. The summed E-state index contributed by atoms with van der Waals surface area (Å²) in [6, 6.07) is 0. The molecule has 0 radical (unpaired) electrons. The quantitative estimate of drug-likeness (QED) is 0.611. The number of ether oxygens (including phenoxy) is 1. The van der Waals surface area contributed by atoms with Crippen LogP contribution in [-0.2, 0) is 14.3 Å². The highest BCUT2D eigenvalue weighted by atomic mass is 19.3. The lowest BCUT2D eigenvalue weighted by atomic mass is 9.76. The van der Waals surface area contributed by atoms with E-state index < -0.39 is 17.3 Å². The maximum atomic E-state index is 12.8. The van der Waals surface area contributed by atoms with Gasteiger partial charge in [-0.1, -0.05) is 6.08 Å². The minimum absolute atomic E-state index is 0.171. The Bertz CT molecular complexity index is 398. The van der Waals surface area contributed by atoms with Crippen LogP contribution in [-0.4, -0.2) is 31.5 Å². The highest BCUT2D eigenvalue weighted by molar-refractivity contribution is 5.84. The standard InChI is InChI=1S/C12H15F2NO3/c1-18-9(16)3-2-4-15-10(17)8-5-11(8)6-12(13,14)7-11/h2-3,8H,4-7H2,1H3,(H,15,17)/b3-2+. The molecular formula is C12H15F2NO3. The summed E-state index contributed by atoms with van der Waals surface area (Å²) in [4.78, 5) is 22.4. The van der Waals surface area contributed by atoms with Crippen LogP contribution in [0.2, 0.25) is 0 Å². The molecule has 4 nitrogen and oxygen atoms in total. The first-order valence-electron chi connectivity index (χ1n) is 5.79. The number of hydrogen-bond acceptors (Lipinski definition) is 3. The molecule has 100 valence electrons. The summed E-state index contributed by atoms with van der Waals surface area (Å²) in [6.45, 7) is 0.205. The number of amides is 1. The molecule has 0 aromatic heterocycles. The molecule has 1 atom stereocenters. The van der Waals surface area contributed by atoms with E-state index in [9.17, 15) is 18.4 Å². The lowest BCUT2D eigenvalue weighted by Crippen LogP contribution is -2.40. The number of esters is 1. The third-order valence-electron chi connectivity index (χ3n) is 3.58. The van der Waals surface area contributed by atoms with E-state index in [2.05, 4.69) is 10.1 Å². The van der Waals surface area contributed by atoms with E-state index in [0.717, 1.165) is 0 Å². The van der Waals surface area contributed by atoms with Crippen LogP contribution in [0.15, 0.2) is 12.2 Å². The Morgan fingerprint density at radius 3 is 2.67 bits per heavy atom.